The van der Waals surface area contributed by atoms with E-state index < -0.39 is 0 Å². The van der Waals surface area contributed by atoms with Crippen LogP contribution in [0.2, 0.25) is 10.0 Å². The second kappa shape index (κ2) is 7.19. The molecule has 0 radical (unpaired) electrons. The fourth-order valence-corrected chi connectivity index (χ4v) is 3.25. The number of hydrogen-bond acceptors (Lipinski definition) is 3. The van der Waals surface area contributed by atoms with E-state index in [1.807, 2.05) is 48.7 Å². The summed E-state index contributed by atoms with van der Waals surface area (Å²) < 4.78 is 0. The van der Waals surface area contributed by atoms with Gasteiger partial charge in [-0.1, -0.05) is 59.1 Å². The topological polar surface area (TPSA) is 36.7 Å². The molecule has 0 unspecified atom stereocenters. The Kier molecular flexibility index (Phi) is 5.01. The molecule has 0 spiro atoms. The fourth-order valence-electron chi connectivity index (χ4n) is 2.16. The van der Waals surface area contributed by atoms with Crippen molar-refractivity contribution < 1.29 is 0 Å². The van der Waals surface area contributed by atoms with Crippen LogP contribution in [0.1, 0.15) is 16.1 Å². The Morgan fingerprint density at radius 1 is 1.12 bits per heavy atom. The van der Waals surface area contributed by atoms with Gasteiger partial charge in [0.1, 0.15) is 11.1 Å². The Morgan fingerprint density at radius 3 is 2.54 bits per heavy atom. The summed E-state index contributed by atoms with van der Waals surface area (Å²) in [5.41, 5.74) is 4.35. The van der Waals surface area contributed by atoms with Gasteiger partial charge in [0.25, 0.3) is 0 Å². The number of allylic oxidation sites excluding steroid dienone is 1. The van der Waals surface area contributed by atoms with Crippen LogP contribution in [0.4, 0.5) is 0 Å². The zero-order valence-corrected chi connectivity index (χ0v) is 15.1. The maximum atomic E-state index is 9.47. The van der Waals surface area contributed by atoms with Gasteiger partial charge in [0, 0.05) is 10.9 Å². The van der Waals surface area contributed by atoms with Crippen LogP contribution >= 0.6 is 34.5 Å². The number of halogens is 2. The minimum atomic E-state index is 0.486. The molecule has 3 rings (SSSR count). The van der Waals surface area contributed by atoms with Crippen molar-refractivity contribution in [2.75, 3.05) is 0 Å². The van der Waals surface area contributed by atoms with Gasteiger partial charge in [-0.2, -0.15) is 5.26 Å². The third kappa shape index (κ3) is 3.68. The first-order valence-corrected chi connectivity index (χ1v) is 8.80. The average molecular weight is 371 g/mol. The van der Waals surface area contributed by atoms with Crippen molar-refractivity contribution in [3.8, 4) is 17.3 Å². The van der Waals surface area contributed by atoms with Crippen molar-refractivity contribution >= 4 is 46.2 Å². The van der Waals surface area contributed by atoms with Crippen molar-refractivity contribution in [2.24, 2.45) is 0 Å². The summed E-state index contributed by atoms with van der Waals surface area (Å²) in [4.78, 5) is 4.56. The van der Waals surface area contributed by atoms with Crippen LogP contribution in [-0.4, -0.2) is 4.98 Å². The van der Waals surface area contributed by atoms with Crippen molar-refractivity contribution in [3.05, 3.63) is 74.0 Å². The largest absolute Gasteiger partial charge is 0.235 e. The van der Waals surface area contributed by atoms with Crippen molar-refractivity contribution in [1.82, 2.24) is 4.98 Å². The van der Waals surface area contributed by atoms with E-state index >= 15 is 0 Å². The van der Waals surface area contributed by atoms with Crippen LogP contribution in [0.3, 0.4) is 0 Å². The summed E-state index contributed by atoms with van der Waals surface area (Å²) in [6.45, 7) is 2.03. The van der Waals surface area contributed by atoms with Gasteiger partial charge >= 0.3 is 0 Å². The Hall–Kier alpha value is -2.12. The molecule has 1 heterocycles. The quantitative estimate of drug-likeness (QED) is 0.494. The molecule has 1 aromatic heterocycles. The number of aromatic nitrogens is 1. The van der Waals surface area contributed by atoms with Gasteiger partial charge in [-0.25, -0.2) is 4.98 Å². The Morgan fingerprint density at radius 2 is 1.88 bits per heavy atom. The zero-order valence-electron chi connectivity index (χ0n) is 12.8. The van der Waals surface area contributed by atoms with Crippen LogP contribution in [0, 0.1) is 18.3 Å². The zero-order chi connectivity index (χ0) is 17.1. The lowest BCUT2D eigenvalue weighted by atomic mass is 10.1. The molecule has 24 heavy (non-hydrogen) atoms. The summed E-state index contributed by atoms with van der Waals surface area (Å²) in [5, 5.41) is 13.1. The smallest absolute Gasteiger partial charge is 0.134 e. The molecule has 0 aliphatic heterocycles. The minimum absolute atomic E-state index is 0.486. The number of nitriles is 1. The third-order valence-corrected chi connectivity index (χ3v) is 5.07. The molecule has 3 aromatic rings. The molecule has 0 aliphatic rings. The van der Waals surface area contributed by atoms with Gasteiger partial charge in [-0.15, -0.1) is 11.3 Å². The SMILES string of the molecule is Cc1ccc(C=C(C#N)c2nc(-c3ccc(Cl)c(Cl)c3)cs2)cc1. The molecule has 5 heteroatoms. The highest BCUT2D eigenvalue weighted by molar-refractivity contribution is 7.11. The second-order valence-corrected chi connectivity index (χ2v) is 6.92. The van der Waals surface area contributed by atoms with Crippen LogP contribution in [0.5, 0.6) is 0 Å². The number of nitrogens with zero attached hydrogens (tertiary/aromatic N) is 2. The van der Waals surface area contributed by atoms with Crippen molar-refractivity contribution in [2.45, 2.75) is 6.92 Å². The second-order valence-electron chi connectivity index (χ2n) is 5.25. The number of benzene rings is 2. The Labute approximate surface area is 154 Å². The van der Waals surface area contributed by atoms with E-state index in [1.54, 1.807) is 12.1 Å². The highest BCUT2D eigenvalue weighted by Gasteiger charge is 2.10. The summed E-state index contributed by atoms with van der Waals surface area (Å²) >= 11 is 13.4. The molecular weight excluding hydrogens is 359 g/mol. The monoisotopic (exact) mass is 370 g/mol. The standard InChI is InChI=1S/C19H12Cl2N2S/c1-12-2-4-13(5-3-12)8-15(10-22)19-23-18(11-24-19)14-6-7-16(20)17(21)9-14/h2-9,11H,1H3. The lowest BCUT2D eigenvalue weighted by Gasteiger charge is -2.00. The molecular formula is C19H12Cl2N2S. The molecule has 2 aromatic carbocycles. The first-order chi connectivity index (χ1) is 11.6. The molecule has 0 atom stereocenters. The van der Waals surface area contributed by atoms with E-state index in [0.29, 0.717) is 20.6 Å². The maximum absolute atomic E-state index is 9.47. The molecule has 2 nitrogen and oxygen atoms in total. The molecule has 0 saturated carbocycles. The highest BCUT2D eigenvalue weighted by atomic mass is 35.5. The van der Waals surface area contributed by atoms with E-state index in [1.165, 1.54) is 16.9 Å². The normalized spacial score (nSPS) is 11.3. The molecule has 0 N–H and O–H groups in total. The number of rotatable bonds is 3. The van der Waals surface area contributed by atoms with Gasteiger partial charge in [0.2, 0.25) is 0 Å². The fraction of sp³-hybridized carbons (Fsp3) is 0.0526. The van der Waals surface area contributed by atoms with Crippen LogP contribution < -0.4 is 0 Å². The molecule has 118 valence electrons. The minimum Gasteiger partial charge on any atom is -0.235 e. The number of aryl methyl sites for hydroxylation is 1. The van der Waals surface area contributed by atoms with Gasteiger partial charge in [-0.3, -0.25) is 0 Å². The van der Waals surface area contributed by atoms with Crippen LogP contribution in [0.15, 0.2) is 47.8 Å². The van der Waals surface area contributed by atoms with E-state index in [-0.39, 0.29) is 0 Å². The number of thiazole rings is 1. The molecule has 0 amide bonds. The summed E-state index contributed by atoms with van der Waals surface area (Å²) in [6.07, 6.45) is 1.84. The molecule has 0 fully saturated rings. The van der Waals surface area contributed by atoms with E-state index in [4.69, 9.17) is 23.2 Å². The average Bonchev–Trinajstić information content (AvgIpc) is 3.06. The molecule has 0 aliphatic carbocycles. The van der Waals surface area contributed by atoms with Crippen molar-refractivity contribution in [1.29, 1.82) is 5.26 Å². The predicted molar refractivity (Wildman–Crippen MR) is 102 cm³/mol. The first kappa shape index (κ1) is 16.7. The third-order valence-electron chi connectivity index (χ3n) is 3.46. The summed E-state index contributed by atoms with van der Waals surface area (Å²) in [7, 11) is 0. The number of hydrogen-bond donors (Lipinski definition) is 0. The highest BCUT2D eigenvalue weighted by Crippen LogP contribution is 2.31. The van der Waals surface area contributed by atoms with Gasteiger partial charge in [0.05, 0.1) is 21.3 Å². The van der Waals surface area contributed by atoms with Crippen molar-refractivity contribution in [3.63, 3.8) is 0 Å². The maximum Gasteiger partial charge on any atom is 0.134 e. The van der Waals surface area contributed by atoms with Crippen LogP contribution in [-0.2, 0) is 0 Å². The lowest BCUT2D eigenvalue weighted by molar-refractivity contribution is 1.37. The Balaban J connectivity index is 1.94. The van der Waals surface area contributed by atoms with Gasteiger partial charge in [0.15, 0.2) is 0 Å². The van der Waals surface area contributed by atoms with E-state index in [2.05, 4.69) is 11.1 Å². The summed E-state index contributed by atoms with van der Waals surface area (Å²) in [6, 6.07) is 15.6. The van der Waals surface area contributed by atoms with Crippen LogP contribution in [0.25, 0.3) is 22.9 Å². The van der Waals surface area contributed by atoms with Gasteiger partial charge < -0.3 is 0 Å². The lowest BCUT2D eigenvalue weighted by Crippen LogP contribution is -1.83. The molecule has 0 saturated heterocycles. The van der Waals surface area contributed by atoms with Gasteiger partial charge in [-0.05, 0) is 30.7 Å². The predicted octanol–water partition coefficient (Wildman–Crippen LogP) is 6.49. The summed E-state index contributed by atoms with van der Waals surface area (Å²) in [5.74, 6) is 0. The van der Waals surface area contributed by atoms with E-state index in [9.17, 15) is 5.26 Å². The van der Waals surface area contributed by atoms with E-state index in [0.717, 1.165) is 16.8 Å². The molecule has 0 bridgehead atoms. The Bertz CT molecular complexity index is 950. The first-order valence-electron chi connectivity index (χ1n) is 7.16.